The zero-order chi connectivity index (χ0) is 12.1. The van der Waals surface area contributed by atoms with Crippen molar-refractivity contribution in [3.05, 3.63) is 0 Å². The first kappa shape index (κ1) is 14.2. The minimum atomic E-state index is -4.22. The summed E-state index contributed by atoms with van der Waals surface area (Å²) in [6.45, 7) is 1.73. The second kappa shape index (κ2) is 5.95. The van der Waals surface area contributed by atoms with E-state index in [0.29, 0.717) is 13.0 Å². The van der Waals surface area contributed by atoms with Gasteiger partial charge in [0.05, 0.1) is 6.42 Å². The molecule has 0 aromatic rings. The fourth-order valence-electron chi connectivity index (χ4n) is 1.15. The summed E-state index contributed by atoms with van der Waals surface area (Å²) in [5.74, 6) is -0.599. The topological polar surface area (TPSA) is 46.3 Å². The number of nitrogens with two attached hydrogens (primary N) is 1. The van der Waals surface area contributed by atoms with E-state index in [9.17, 15) is 18.0 Å². The van der Waals surface area contributed by atoms with Crippen LogP contribution in [0.1, 0.15) is 19.8 Å². The molecule has 0 bridgehead atoms. The average molecular weight is 226 g/mol. The van der Waals surface area contributed by atoms with Crippen molar-refractivity contribution in [3.63, 3.8) is 0 Å². The fraction of sp³-hybridized carbons (Fsp3) is 0.889. The van der Waals surface area contributed by atoms with E-state index >= 15 is 0 Å². The first-order chi connectivity index (χ1) is 6.78. The highest BCUT2D eigenvalue weighted by Gasteiger charge is 2.28. The molecule has 3 nitrogen and oxygen atoms in total. The molecule has 2 N–H and O–H groups in total. The molecule has 0 heterocycles. The first-order valence-corrected chi connectivity index (χ1v) is 4.79. The normalized spacial score (nSPS) is 13.7. The van der Waals surface area contributed by atoms with Crippen molar-refractivity contribution in [1.82, 2.24) is 4.90 Å². The van der Waals surface area contributed by atoms with E-state index in [-0.39, 0.29) is 18.4 Å². The van der Waals surface area contributed by atoms with E-state index in [2.05, 4.69) is 0 Å². The molecule has 0 saturated carbocycles. The minimum Gasteiger partial charge on any atom is -0.345 e. The summed E-state index contributed by atoms with van der Waals surface area (Å²) >= 11 is 0. The maximum absolute atomic E-state index is 11.9. The first-order valence-electron chi connectivity index (χ1n) is 4.79. The molecular weight excluding hydrogens is 209 g/mol. The minimum absolute atomic E-state index is 0.287. The summed E-state index contributed by atoms with van der Waals surface area (Å²) in [4.78, 5) is 12.6. The van der Waals surface area contributed by atoms with Crippen molar-refractivity contribution in [3.8, 4) is 0 Å². The largest absolute Gasteiger partial charge is 0.390 e. The number of amides is 1. The number of nitrogens with zero attached hydrogens (tertiary/aromatic N) is 1. The van der Waals surface area contributed by atoms with E-state index < -0.39 is 12.6 Å². The van der Waals surface area contributed by atoms with Crippen LogP contribution in [0.15, 0.2) is 0 Å². The molecule has 0 spiro atoms. The summed E-state index contributed by atoms with van der Waals surface area (Å²) in [7, 11) is 1.38. The lowest BCUT2D eigenvalue weighted by molar-refractivity contribution is -0.145. The smallest absolute Gasteiger partial charge is 0.345 e. The van der Waals surface area contributed by atoms with Crippen LogP contribution in [0, 0.1) is 5.92 Å². The van der Waals surface area contributed by atoms with Crippen LogP contribution in [-0.2, 0) is 4.79 Å². The molecule has 0 aromatic heterocycles. The molecule has 0 saturated heterocycles. The van der Waals surface area contributed by atoms with Gasteiger partial charge >= 0.3 is 6.18 Å². The van der Waals surface area contributed by atoms with Gasteiger partial charge in [0.2, 0.25) is 5.91 Å². The molecule has 0 aromatic carbocycles. The molecule has 0 fully saturated rings. The van der Waals surface area contributed by atoms with E-state index in [4.69, 9.17) is 5.73 Å². The Kier molecular flexibility index (Phi) is 5.64. The summed E-state index contributed by atoms with van der Waals surface area (Å²) in [6, 6.07) is 0. The van der Waals surface area contributed by atoms with Gasteiger partial charge in [-0.15, -0.1) is 0 Å². The number of rotatable bonds is 5. The lowest BCUT2D eigenvalue weighted by Crippen LogP contribution is -2.35. The van der Waals surface area contributed by atoms with Crippen molar-refractivity contribution < 1.29 is 18.0 Å². The Hall–Kier alpha value is -0.780. The summed E-state index contributed by atoms with van der Waals surface area (Å²) < 4.78 is 35.6. The van der Waals surface area contributed by atoms with Crippen molar-refractivity contribution in [2.45, 2.75) is 25.9 Å². The van der Waals surface area contributed by atoms with Gasteiger partial charge in [0.1, 0.15) is 0 Å². The molecule has 0 rings (SSSR count). The van der Waals surface area contributed by atoms with Gasteiger partial charge in [-0.3, -0.25) is 4.79 Å². The van der Waals surface area contributed by atoms with Crippen LogP contribution in [0.5, 0.6) is 0 Å². The predicted molar refractivity (Wildman–Crippen MR) is 51.1 cm³/mol. The molecular formula is C9H17F3N2O. The van der Waals surface area contributed by atoms with Gasteiger partial charge in [0, 0.05) is 19.5 Å². The van der Waals surface area contributed by atoms with Crippen LogP contribution in [0.25, 0.3) is 0 Å². The van der Waals surface area contributed by atoms with Crippen molar-refractivity contribution in [2.75, 3.05) is 20.1 Å². The second-order valence-electron chi connectivity index (χ2n) is 3.60. The van der Waals surface area contributed by atoms with Crippen LogP contribution in [0.2, 0.25) is 0 Å². The molecule has 1 atom stereocenters. The zero-order valence-electron chi connectivity index (χ0n) is 8.97. The highest BCUT2D eigenvalue weighted by Crippen LogP contribution is 2.19. The van der Waals surface area contributed by atoms with Gasteiger partial charge in [0.15, 0.2) is 0 Å². The van der Waals surface area contributed by atoms with E-state index in [1.165, 1.54) is 7.05 Å². The Balaban J connectivity index is 3.99. The molecule has 15 heavy (non-hydrogen) atoms. The van der Waals surface area contributed by atoms with Gasteiger partial charge in [-0.05, 0) is 13.0 Å². The third kappa shape index (κ3) is 6.33. The lowest BCUT2D eigenvalue weighted by Gasteiger charge is -2.21. The number of hydrogen-bond acceptors (Lipinski definition) is 2. The van der Waals surface area contributed by atoms with Gasteiger partial charge in [-0.1, -0.05) is 6.92 Å². The van der Waals surface area contributed by atoms with E-state index in [1.807, 2.05) is 0 Å². The standard InChI is InChI=1S/C9H17F3N2O/c1-7(3-5-13)8(15)14(2)6-4-9(10,11)12/h7H,3-6,13H2,1-2H3. The van der Waals surface area contributed by atoms with Crippen LogP contribution < -0.4 is 5.73 Å². The zero-order valence-corrected chi connectivity index (χ0v) is 8.97. The van der Waals surface area contributed by atoms with Crippen LogP contribution in [0.4, 0.5) is 13.2 Å². The molecule has 0 radical (unpaired) electrons. The molecule has 90 valence electrons. The molecule has 0 aliphatic carbocycles. The van der Waals surface area contributed by atoms with Crippen LogP contribution in [-0.4, -0.2) is 37.1 Å². The van der Waals surface area contributed by atoms with Crippen LogP contribution >= 0.6 is 0 Å². The van der Waals surface area contributed by atoms with Crippen molar-refractivity contribution >= 4 is 5.91 Å². The van der Waals surface area contributed by atoms with Crippen molar-refractivity contribution in [2.24, 2.45) is 11.7 Å². The van der Waals surface area contributed by atoms with Gasteiger partial charge in [0.25, 0.3) is 0 Å². The summed E-state index contributed by atoms with van der Waals surface area (Å²) in [6.07, 6.45) is -4.69. The summed E-state index contributed by atoms with van der Waals surface area (Å²) in [5.41, 5.74) is 5.26. The molecule has 0 aliphatic heterocycles. The number of carbonyl (C=O) groups is 1. The molecule has 1 unspecified atom stereocenters. The fourth-order valence-corrected chi connectivity index (χ4v) is 1.15. The average Bonchev–Trinajstić information content (AvgIpc) is 2.12. The Morgan fingerprint density at radius 3 is 2.40 bits per heavy atom. The highest BCUT2D eigenvalue weighted by molar-refractivity contribution is 5.78. The Bertz CT molecular complexity index is 206. The quantitative estimate of drug-likeness (QED) is 0.769. The summed E-state index contributed by atoms with van der Waals surface area (Å²) in [5, 5.41) is 0. The maximum Gasteiger partial charge on any atom is 0.390 e. The predicted octanol–water partition coefficient (Wildman–Crippen LogP) is 1.38. The monoisotopic (exact) mass is 226 g/mol. The Labute approximate surface area is 87.4 Å². The molecule has 1 amide bonds. The maximum atomic E-state index is 11.9. The Morgan fingerprint density at radius 2 is 2.00 bits per heavy atom. The van der Waals surface area contributed by atoms with E-state index in [0.717, 1.165) is 4.90 Å². The third-order valence-electron chi connectivity index (χ3n) is 2.13. The number of alkyl halides is 3. The number of hydrogen-bond donors (Lipinski definition) is 1. The number of carbonyl (C=O) groups excluding carboxylic acids is 1. The molecule has 0 aliphatic rings. The second-order valence-corrected chi connectivity index (χ2v) is 3.60. The number of halogens is 3. The van der Waals surface area contributed by atoms with Gasteiger partial charge < -0.3 is 10.6 Å². The van der Waals surface area contributed by atoms with E-state index in [1.54, 1.807) is 6.92 Å². The van der Waals surface area contributed by atoms with Gasteiger partial charge in [-0.2, -0.15) is 13.2 Å². The SMILES string of the molecule is CC(CCN)C(=O)N(C)CCC(F)(F)F. The third-order valence-corrected chi connectivity index (χ3v) is 2.13. The lowest BCUT2D eigenvalue weighted by atomic mass is 10.1. The van der Waals surface area contributed by atoms with Crippen LogP contribution in [0.3, 0.4) is 0 Å². The van der Waals surface area contributed by atoms with Crippen molar-refractivity contribution in [1.29, 1.82) is 0 Å². The molecule has 6 heteroatoms. The Morgan fingerprint density at radius 1 is 1.47 bits per heavy atom. The van der Waals surface area contributed by atoms with Gasteiger partial charge in [-0.25, -0.2) is 0 Å². The highest BCUT2D eigenvalue weighted by atomic mass is 19.4.